The first kappa shape index (κ1) is 73.5. The van der Waals surface area contributed by atoms with E-state index < -0.39 is 29.6 Å². The maximum atomic E-state index is 14.2. The van der Waals surface area contributed by atoms with Gasteiger partial charge in [-0.25, -0.2) is 19.7 Å². The number of pyridine rings is 1. The second-order valence-electron chi connectivity index (χ2n) is 32.4. The fourth-order valence-corrected chi connectivity index (χ4v) is 20.2. The van der Waals surface area contributed by atoms with Gasteiger partial charge in [0, 0.05) is 67.0 Å². The molecule has 6 aliphatic rings. The number of benzene rings is 2. The van der Waals surface area contributed by atoms with Crippen molar-refractivity contribution in [2.45, 2.75) is 240 Å². The summed E-state index contributed by atoms with van der Waals surface area (Å²) in [6.07, 6.45) is 23.7. The van der Waals surface area contributed by atoms with Gasteiger partial charge in [0.2, 0.25) is 17.7 Å². The van der Waals surface area contributed by atoms with Gasteiger partial charge in [-0.2, -0.15) is 5.10 Å². The van der Waals surface area contributed by atoms with Gasteiger partial charge in [0.05, 0.1) is 56.8 Å². The molecule has 20 nitrogen and oxygen atoms in total. The third kappa shape index (κ3) is 17.0. The molecule has 22 heteroatoms. The van der Waals surface area contributed by atoms with E-state index in [1.165, 1.54) is 62.7 Å². The molecule has 3 amide bonds. The molecule has 7 heterocycles. The predicted octanol–water partition coefficient (Wildman–Crippen LogP) is 15.4. The maximum Gasteiger partial charge on any atom is 0.355 e. The molecule has 13 rings (SSSR count). The number of amides is 3. The normalized spacial score (nSPS) is 23.0. The summed E-state index contributed by atoms with van der Waals surface area (Å²) >= 11 is 3.17. The second-order valence-corrected chi connectivity index (χ2v) is 34.3. The molecule has 7 aromatic rings. The van der Waals surface area contributed by atoms with Gasteiger partial charge in [-0.3, -0.25) is 19.1 Å². The highest BCUT2D eigenvalue weighted by Crippen LogP contribution is 2.72. The Morgan fingerprint density at radius 1 is 0.802 bits per heavy atom. The molecule has 2 aliphatic heterocycles. The molecule has 8 atom stereocenters. The van der Waals surface area contributed by atoms with Gasteiger partial charge >= 0.3 is 5.97 Å². The summed E-state index contributed by atoms with van der Waals surface area (Å²) in [5.74, 6) is -0.0255. The van der Waals surface area contributed by atoms with Crippen LogP contribution < -0.4 is 20.9 Å². The third-order valence-corrected chi connectivity index (χ3v) is 24.4. The molecule has 4 saturated carbocycles. The lowest BCUT2D eigenvalue weighted by molar-refractivity contribution is -0.248. The lowest BCUT2D eigenvalue weighted by Crippen LogP contribution is -2.64. The van der Waals surface area contributed by atoms with Crippen molar-refractivity contribution in [2.75, 3.05) is 50.1 Å². The maximum absolute atomic E-state index is 14.2. The molecule has 1 saturated heterocycles. The lowest BCUT2D eigenvalue weighted by Gasteiger charge is -2.69. The Labute approximate surface area is 604 Å². The largest absolute Gasteiger partial charge is 0.476 e. The average molecular weight is 1410 g/mol. The highest BCUT2D eigenvalue weighted by Gasteiger charge is 2.66. The monoisotopic (exact) mass is 1410 g/mol. The number of unbranched alkanes of at least 4 members (excludes halogenated alkanes) is 11. The summed E-state index contributed by atoms with van der Waals surface area (Å²) in [6.45, 7) is 22.9. The van der Waals surface area contributed by atoms with Crippen LogP contribution in [0.2, 0.25) is 0 Å². The Hall–Kier alpha value is -7.24. The van der Waals surface area contributed by atoms with E-state index in [-0.39, 0.29) is 64.3 Å². The number of rotatable bonds is 32. The minimum absolute atomic E-state index is 0.00633. The number of aliphatic hydroxyl groups excluding tert-OH is 1. The summed E-state index contributed by atoms with van der Waals surface area (Å²) in [5.41, 5.74) is 9.67. The highest BCUT2D eigenvalue weighted by molar-refractivity contribution is 7.22. The summed E-state index contributed by atoms with van der Waals surface area (Å²) in [4.78, 5) is 75.5. The molecule has 101 heavy (non-hydrogen) atoms. The fraction of sp³-hybridized carbons (Fsp3) is 0.595. The second kappa shape index (κ2) is 31.0. The van der Waals surface area contributed by atoms with Crippen molar-refractivity contribution >= 4 is 79.2 Å². The van der Waals surface area contributed by atoms with E-state index >= 15 is 0 Å². The van der Waals surface area contributed by atoms with Gasteiger partial charge in [0.15, 0.2) is 22.5 Å². The van der Waals surface area contributed by atoms with Crippen LogP contribution in [-0.4, -0.2) is 142 Å². The molecule has 4 bridgehead atoms. The van der Waals surface area contributed by atoms with Crippen molar-refractivity contribution in [3.8, 4) is 21.6 Å². The molecule has 5 aromatic heterocycles. The number of likely N-dealkylation sites (tertiary alicyclic amines) is 1. The smallest absolute Gasteiger partial charge is 0.355 e. The van der Waals surface area contributed by atoms with Gasteiger partial charge in [0.1, 0.15) is 17.9 Å². The number of hydrogen-bond donors (Lipinski definition) is 5. The van der Waals surface area contributed by atoms with Crippen LogP contribution in [0.1, 0.15) is 221 Å². The molecule has 5 fully saturated rings. The number of nitrogens with zero attached hydrogens (tertiary/aromatic N) is 10. The van der Waals surface area contributed by atoms with Crippen LogP contribution >= 0.6 is 22.7 Å². The van der Waals surface area contributed by atoms with Crippen molar-refractivity contribution in [3.63, 3.8) is 0 Å². The zero-order chi connectivity index (χ0) is 71.4. The highest BCUT2D eigenvalue weighted by atomic mass is 32.1. The van der Waals surface area contributed by atoms with E-state index in [4.69, 9.17) is 24.9 Å². The number of hydrogen-bond acceptors (Lipinski definition) is 17. The quantitative estimate of drug-likeness (QED) is 0.0246. The molecule has 4 aliphatic carbocycles. The first-order valence-corrected chi connectivity index (χ1v) is 38.9. The van der Waals surface area contributed by atoms with Gasteiger partial charge in [-0.15, -0.1) is 21.5 Å². The lowest BCUT2D eigenvalue weighted by atomic mass is 9.39. The van der Waals surface area contributed by atoms with Gasteiger partial charge in [-0.05, 0) is 163 Å². The topological polar surface area (TPSA) is 246 Å². The Morgan fingerprint density at radius 2 is 1.50 bits per heavy atom. The number of aromatic nitrogens is 7. The number of thiazole rings is 2. The summed E-state index contributed by atoms with van der Waals surface area (Å²) < 4.78 is 10.4. The van der Waals surface area contributed by atoms with Gasteiger partial charge < -0.3 is 45.6 Å². The van der Waals surface area contributed by atoms with Gasteiger partial charge in [0.25, 0.3) is 0 Å². The van der Waals surface area contributed by atoms with Crippen LogP contribution in [0.15, 0.2) is 72.4 Å². The predicted molar refractivity (Wildman–Crippen MR) is 401 cm³/mol. The minimum Gasteiger partial charge on any atom is -0.476 e. The van der Waals surface area contributed by atoms with Crippen LogP contribution in [0.3, 0.4) is 0 Å². The Kier molecular flexibility index (Phi) is 22.6. The first-order valence-electron chi connectivity index (χ1n) is 37.2. The molecule has 0 radical (unpaired) electrons. The van der Waals surface area contributed by atoms with E-state index in [9.17, 15) is 29.4 Å². The van der Waals surface area contributed by atoms with Crippen LogP contribution in [0.4, 0.5) is 22.6 Å². The number of carbonyl (C=O) groups is 4. The number of ether oxygens (including phenoxy) is 1. The van der Waals surface area contributed by atoms with Crippen molar-refractivity contribution in [1.29, 1.82) is 0 Å². The number of nitrogens with one attached hydrogen (secondary N) is 3. The number of β-amino-alcohol motifs (C(OH)–C–C–N with tert-alkyl or cyclic N) is 1. The molecular formula is C79H107N13O7S2. The number of anilines is 4. The standard InChI is InChI=1S/C79H107N13O7S2/c1-51-58-26-25-37-90(70(58)88-87-69(51)86-74-83-61-27-22-23-28-63(61)101-74)64-35-34-59(66(84-64)73(97)98)60-41-81-92(54(60)4)49-78-44-76(8)43-77(9,45-78)47-79(46-76,48-78)99-39-38-89(10)36-24-20-18-16-14-12-11-13-15-17-19-21-29-65(94)85-68(75(5,6)7)72(96)91-42-57(93)40-62(91)71(95)82-52(2)55-30-32-56(33-31-55)67-53(3)80-50-100-67/h22-23,27-28,30-35,41,50,52,57,62,68,93H,11-21,24-26,29,36-40,42-49H2,1-10H3,(H,82,95)(H,85,94)(H,97,98)(H,83,86,87)/t52-,57+,62-,68+,76-,77+,78?,79?/m0/s1. The number of carbonyl (C=O) groups excluding carboxylic acids is 3. The molecule has 542 valence electrons. The number of aromatic carboxylic acids is 1. The third-order valence-electron chi connectivity index (χ3n) is 22.4. The molecule has 5 N–H and O–H groups in total. The van der Waals surface area contributed by atoms with E-state index in [2.05, 4.69) is 76.4 Å². The molecular weight excluding hydrogens is 1310 g/mol. The molecule has 2 unspecified atom stereocenters. The number of fused-ring (bicyclic) bond motifs is 2. The van der Waals surface area contributed by atoms with Crippen molar-refractivity contribution in [1.82, 2.24) is 55.4 Å². The fourth-order valence-electron chi connectivity index (χ4n) is 18.5. The van der Waals surface area contributed by atoms with E-state index in [0.29, 0.717) is 36.0 Å². The number of aryl methyl sites for hydroxylation is 1. The Morgan fingerprint density at radius 3 is 2.17 bits per heavy atom. The minimum atomic E-state index is -1.09. The van der Waals surface area contributed by atoms with Crippen LogP contribution in [0.25, 0.3) is 31.8 Å². The molecule has 2 aromatic carbocycles. The van der Waals surface area contributed by atoms with Gasteiger partial charge in [-0.1, -0.05) is 147 Å². The van der Waals surface area contributed by atoms with Crippen molar-refractivity contribution in [2.24, 2.45) is 21.7 Å². The summed E-state index contributed by atoms with van der Waals surface area (Å²) in [7, 11) is 2.24. The number of carboxylic acid groups (broad SMARTS) is 1. The summed E-state index contributed by atoms with van der Waals surface area (Å²) in [6, 6.07) is 17.9. The number of aliphatic hydroxyl groups is 1. The van der Waals surface area contributed by atoms with Crippen LogP contribution in [0.5, 0.6) is 0 Å². The van der Waals surface area contributed by atoms with Crippen LogP contribution in [0, 0.1) is 42.4 Å². The number of likely N-dealkylation sites (N-methyl/N-ethyl adjacent to an activating group) is 1. The van der Waals surface area contributed by atoms with Crippen LogP contribution in [-0.2, 0) is 32.1 Å². The van der Waals surface area contributed by atoms with E-state index in [1.54, 1.807) is 22.7 Å². The summed E-state index contributed by atoms with van der Waals surface area (Å²) in [5, 5.41) is 46.1. The van der Waals surface area contributed by atoms with E-state index in [0.717, 1.165) is 156 Å². The number of para-hydroxylation sites is 1. The molecule has 0 spiro atoms. The van der Waals surface area contributed by atoms with Crippen molar-refractivity contribution < 1.29 is 34.1 Å². The average Bonchev–Trinajstić information content (AvgIpc) is 1.40. The first-order chi connectivity index (χ1) is 48.3. The van der Waals surface area contributed by atoms with E-state index in [1.807, 2.05) is 106 Å². The zero-order valence-electron chi connectivity index (χ0n) is 61.3. The SMILES string of the molecule is Cc1ncsc1-c1ccc([C@H](C)NC(=O)[C@@H]2C[C@@H](O)CN2C(=O)[C@@H](NC(=O)CCCCCCCCCCCCCCN(C)CCOC23CC4(Cn5ncc(-c6ccc(N7CCCc8c7nnc(Nc7nc9ccccc9s7)c8C)nc6C(=O)O)c5C)C[C@@](C)(C2)C[C@](C)(C4)C3)C(C)(C)C)cc1. The number of carboxylic acids is 1. The zero-order valence-corrected chi connectivity index (χ0v) is 62.9. The van der Waals surface area contributed by atoms with Crippen molar-refractivity contribution in [3.05, 3.63) is 106 Å². The Bertz CT molecular complexity index is 4030. The Balaban J connectivity index is 0.532.